The minimum atomic E-state index is 0.662. The summed E-state index contributed by atoms with van der Waals surface area (Å²) in [7, 11) is 2.03. The van der Waals surface area contributed by atoms with Crippen molar-refractivity contribution in [3.05, 3.63) is 18.3 Å². The van der Waals surface area contributed by atoms with E-state index in [1.807, 2.05) is 19.2 Å². The lowest BCUT2D eigenvalue weighted by atomic mass is 10.1. The first-order valence-corrected chi connectivity index (χ1v) is 5.43. The van der Waals surface area contributed by atoms with Gasteiger partial charge >= 0.3 is 0 Å². The van der Waals surface area contributed by atoms with Crippen LogP contribution >= 0.6 is 0 Å². The molecule has 0 amide bonds. The van der Waals surface area contributed by atoms with E-state index in [0.717, 1.165) is 24.6 Å². The Balaban J connectivity index is 1.98. The summed E-state index contributed by atoms with van der Waals surface area (Å²) in [6, 6.07) is 4.57. The molecule has 0 radical (unpaired) electrons. The number of piperidine rings is 1. The first-order valence-electron chi connectivity index (χ1n) is 5.43. The highest BCUT2D eigenvalue weighted by Crippen LogP contribution is 2.18. The zero-order valence-electron chi connectivity index (χ0n) is 9.11. The topological polar surface area (TPSA) is 54.2 Å². The number of nitrogens with zero attached hydrogens (tertiary/aromatic N) is 2. The molecule has 0 spiro atoms. The summed E-state index contributed by atoms with van der Waals surface area (Å²) in [5.41, 5.74) is 6.33. The highest BCUT2D eigenvalue weighted by atomic mass is 15.2. The van der Waals surface area contributed by atoms with Crippen LogP contribution in [-0.4, -0.2) is 31.2 Å². The Morgan fingerprint density at radius 2 is 2.13 bits per heavy atom. The molecule has 4 nitrogen and oxygen atoms in total. The Morgan fingerprint density at radius 1 is 1.40 bits per heavy atom. The number of hydrogen-bond acceptors (Lipinski definition) is 4. The van der Waals surface area contributed by atoms with Crippen molar-refractivity contribution in [1.29, 1.82) is 0 Å². The Labute approximate surface area is 90.5 Å². The Hall–Kier alpha value is -1.29. The molecule has 2 heterocycles. The van der Waals surface area contributed by atoms with Gasteiger partial charge in [0.25, 0.3) is 0 Å². The molecular weight excluding hydrogens is 188 g/mol. The van der Waals surface area contributed by atoms with E-state index in [4.69, 9.17) is 5.73 Å². The van der Waals surface area contributed by atoms with Gasteiger partial charge in [-0.15, -0.1) is 0 Å². The van der Waals surface area contributed by atoms with Gasteiger partial charge < -0.3 is 16.0 Å². The van der Waals surface area contributed by atoms with Crippen molar-refractivity contribution < 1.29 is 0 Å². The highest BCUT2D eigenvalue weighted by Gasteiger charge is 2.18. The van der Waals surface area contributed by atoms with Gasteiger partial charge in [0.15, 0.2) is 0 Å². The van der Waals surface area contributed by atoms with E-state index in [1.54, 1.807) is 6.20 Å². The van der Waals surface area contributed by atoms with Crippen LogP contribution in [0, 0.1) is 0 Å². The normalized spacial score (nSPS) is 18.1. The fraction of sp³-hybridized carbons (Fsp3) is 0.545. The molecule has 1 aromatic heterocycles. The third-order valence-corrected chi connectivity index (χ3v) is 3.00. The van der Waals surface area contributed by atoms with E-state index >= 15 is 0 Å². The van der Waals surface area contributed by atoms with Gasteiger partial charge in [-0.3, -0.25) is 0 Å². The average Bonchev–Trinajstić information content (AvgIpc) is 2.30. The van der Waals surface area contributed by atoms with Crippen molar-refractivity contribution in [2.75, 3.05) is 30.8 Å². The van der Waals surface area contributed by atoms with E-state index in [9.17, 15) is 0 Å². The van der Waals surface area contributed by atoms with E-state index in [0.29, 0.717) is 6.04 Å². The summed E-state index contributed by atoms with van der Waals surface area (Å²) in [6.07, 6.45) is 4.09. The molecule has 0 unspecified atom stereocenters. The zero-order valence-corrected chi connectivity index (χ0v) is 9.11. The lowest BCUT2D eigenvalue weighted by Crippen LogP contribution is -2.41. The second-order valence-electron chi connectivity index (χ2n) is 4.00. The molecule has 3 N–H and O–H groups in total. The van der Waals surface area contributed by atoms with Crippen LogP contribution in [0.3, 0.4) is 0 Å². The summed E-state index contributed by atoms with van der Waals surface area (Å²) in [4.78, 5) is 6.65. The van der Waals surface area contributed by atoms with E-state index in [1.165, 1.54) is 12.8 Å². The maximum Gasteiger partial charge on any atom is 0.128 e. The standard InChI is InChI=1S/C11H18N4/c1-13-10-4-6-15(7-5-10)11-3-2-9(12)8-14-11/h2-3,8,10,13H,4-7,12H2,1H3. The number of anilines is 2. The van der Waals surface area contributed by atoms with Crippen LogP contribution in [0.5, 0.6) is 0 Å². The lowest BCUT2D eigenvalue weighted by Gasteiger charge is -2.32. The number of hydrogen-bond donors (Lipinski definition) is 2. The molecule has 2 rings (SSSR count). The SMILES string of the molecule is CNC1CCN(c2ccc(N)cn2)CC1. The second kappa shape index (κ2) is 4.49. The second-order valence-corrected chi connectivity index (χ2v) is 4.00. The third kappa shape index (κ3) is 2.39. The molecule has 0 atom stereocenters. The fourth-order valence-electron chi connectivity index (χ4n) is 1.98. The summed E-state index contributed by atoms with van der Waals surface area (Å²) in [6.45, 7) is 2.14. The number of aromatic nitrogens is 1. The van der Waals surface area contributed by atoms with Crippen LogP contribution in [0.1, 0.15) is 12.8 Å². The molecule has 0 aliphatic carbocycles. The molecule has 1 aromatic rings. The smallest absolute Gasteiger partial charge is 0.128 e. The zero-order chi connectivity index (χ0) is 10.7. The first kappa shape index (κ1) is 10.2. The van der Waals surface area contributed by atoms with Gasteiger partial charge in [0, 0.05) is 19.1 Å². The number of nitrogens with two attached hydrogens (primary N) is 1. The Kier molecular flexibility index (Phi) is 3.06. The summed E-state index contributed by atoms with van der Waals surface area (Å²) < 4.78 is 0. The van der Waals surface area contributed by atoms with Gasteiger partial charge in [-0.25, -0.2) is 4.98 Å². The van der Waals surface area contributed by atoms with Gasteiger partial charge in [-0.2, -0.15) is 0 Å². The quantitative estimate of drug-likeness (QED) is 0.753. The van der Waals surface area contributed by atoms with Crippen LogP contribution in [0.25, 0.3) is 0 Å². The Morgan fingerprint density at radius 3 is 2.67 bits per heavy atom. The lowest BCUT2D eigenvalue weighted by molar-refractivity contribution is 0.441. The van der Waals surface area contributed by atoms with Crippen LogP contribution < -0.4 is 16.0 Å². The monoisotopic (exact) mass is 206 g/mol. The number of nitrogen functional groups attached to an aromatic ring is 1. The predicted molar refractivity (Wildman–Crippen MR) is 62.9 cm³/mol. The van der Waals surface area contributed by atoms with Crippen LogP contribution in [0.4, 0.5) is 11.5 Å². The molecule has 4 heteroatoms. The van der Waals surface area contributed by atoms with Crippen molar-refractivity contribution in [2.24, 2.45) is 0 Å². The van der Waals surface area contributed by atoms with Crippen LogP contribution in [0.15, 0.2) is 18.3 Å². The maximum atomic E-state index is 5.61. The predicted octanol–water partition coefficient (Wildman–Crippen LogP) is 0.852. The third-order valence-electron chi connectivity index (χ3n) is 3.00. The van der Waals surface area contributed by atoms with Gasteiger partial charge in [0.1, 0.15) is 5.82 Å². The van der Waals surface area contributed by atoms with Crippen LogP contribution in [-0.2, 0) is 0 Å². The summed E-state index contributed by atoms with van der Waals surface area (Å²) in [5.74, 6) is 1.04. The van der Waals surface area contributed by atoms with Crippen molar-refractivity contribution in [1.82, 2.24) is 10.3 Å². The molecule has 0 saturated carbocycles. The molecule has 1 fully saturated rings. The molecule has 1 saturated heterocycles. The molecule has 1 aliphatic heterocycles. The minimum absolute atomic E-state index is 0.662. The molecular formula is C11H18N4. The van der Waals surface area contributed by atoms with Crippen molar-refractivity contribution >= 4 is 11.5 Å². The number of rotatable bonds is 2. The maximum absolute atomic E-state index is 5.61. The molecule has 0 aromatic carbocycles. The number of pyridine rings is 1. The van der Waals surface area contributed by atoms with Gasteiger partial charge in [-0.05, 0) is 32.0 Å². The largest absolute Gasteiger partial charge is 0.397 e. The van der Waals surface area contributed by atoms with Crippen molar-refractivity contribution in [3.8, 4) is 0 Å². The Bertz CT molecular complexity index is 301. The summed E-state index contributed by atoms with van der Waals surface area (Å²) in [5, 5.41) is 3.32. The first-order chi connectivity index (χ1) is 7.29. The highest BCUT2D eigenvalue weighted by molar-refractivity contribution is 5.45. The molecule has 82 valence electrons. The fourth-order valence-corrected chi connectivity index (χ4v) is 1.98. The molecule has 0 bridgehead atoms. The van der Waals surface area contributed by atoms with E-state index < -0.39 is 0 Å². The van der Waals surface area contributed by atoms with E-state index in [2.05, 4.69) is 15.2 Å². The van der Waals surface area contributed by atoms with Gasteiger partial charge in [0.05, 0.1) is 11.9 Å². The van der Waals surface area contributed by atoms with Gasteiger partial charge in [-0.1, -0.05) is 0 Å². The average molecular weight is 206 g/mol. The number of nitrogens with one attached hydrogen (secondary N) is 1. The van der Waals surface area contributed by atoms with Gasteiger partial charge in [0.2, 0.25) is 0 Å². The molecule has 1 aliphatic rings. The van der Waals surface area contributed by atoms with Crippen LogP contribution in [0.2, 0.25) is 0 Å². The van der Waals surface area contributed by atoms with E-state index in [-0.39, 0.29) is 0 Å². The summed E-state index contributed by atoms with van der Waals surface area (Å²) >= 11 is 0. The van der Waals surface area contributed by atoms with Crippen molar-refractivity contribution in [2.45, 2.75) is 18.9 Å². The minimum Gasteiger partial charge on any atom is -0.397 e. The molecule has 15 heavy (non-hydrogen) atoms. The van der Waals surface area contributed by atoms with Crippen molar-refractivity contribution in [3.63, 3.8) is 0 Å².